The third kappa shape index (κ3) is 3.40. The predicted molar refractivity (Wildman–Crippen MR) is 84.8 cm³/mol. The lowest BCUT2D eigenvalue weighted by Crippen LogP contribution is -2.14. The zero-order valence-electron chi connectivity index (χ0n) is 11.2. The lowest BCUT2D eigenvalue weighted by molar-refractivity contribution is -0.113. The summed E-state index contributed by atoms with van der Waals surface area (Å²) in [4.78, 5) is 16.0. The third-order valence-corrected chi connectivity index (χ3v) is 3.87. The number of amides is 1. The number of nitrogens with one attached hydrogen (secondary N) is 1. The largest absolute Gasteiger partial charge is 0.431 e. The molecule has 112 valence electrons. The van der Waals surface area contributed by atoms with Crippen molar-refractivity contribution in [3.63, 3.8) is 0 Å². The van der Waals surface area contributed by atoms with Gasteiger partial charge in [-0.2, -0.15) is 0 Å². The number of carbonyl (C=O) groups excluding carboxylic acids is 1. The lowest BCUT2D eigenvalue weighted by Gasteiger charge is -2.04. The molecule has 2 aromatic carbocycles. The van der Waals surface area contributed by atoms with Crippen molar-refractivity contribution in [3.8, 4) is 0 Å². The van der Waals surface area contributed by atoms with Crippen LogP contribution in [0.5, 0.6) is 0 Å². The summed E-state index contributed by atoms with van der Waals surface area (Å²) in [6.07, 6.45) is 0. The molecule has 0 saturated carbocycles. The van der Waals surface area contributed by atoms with Gasteiger partial charge in [-0.25, -0.2) is 9.37 Å². The van der Waals surface area contributed by atoms with Gasteiger partial charge in [0.1, 0.15) is 11.3 Å². The first-order valence-electron chi connectivity index (χ1n) is 6.35. The van der Waals surface area contributed by atoms with Gasteiger partial charge in [0.25, 0.3) is 5.22 Å². The van der Waals surface area contributed by atoms with Crippen LogP contribution in [0.2, 0.25) is 5.02 Å². The Balaban J connectivity index is 1.63. The second-order valence-corrected chi connectivity index (χ2v) is 5.77. The number of hydrogen-bond acceptors (Lipinski definition) is 4. The molecule has 0 atom stereocenters. The van der Waals surface area contributed by atoms with E-state index in [1.165, 1.54) is 12.1 Å². The molecule has 0 spiro atoms. The van der Waals surface area contributed by atoms with Crippen LogP contribution in [0.3, 0.4) is 0 Å². The van der Waals surface area contributed by atoms with Gasteiger partial charge in [0.05, 0.1) is 11.4 Å². The van der Waals surface area contributed by atoms with E-state index in [1.807, 2.05) is 0 Å². The Kier molecular flexibility index (Phi) is 4.31. The van der Waals surface area contributed by atoms with Gasteiger partial charge in [-0.3, -0.25) is 4.79 Å². The number of oxazole rings is 1. The van der Waals surface area contributed by atoms with Crippen molar-refractivity contribution in [1.29, 1.82) is 0 Å². The van der Waals surface area contributed by atoms with Crippen LogP contribution in [0.4, 0.5) is 10.1 Å². The summed E-state index contributed by atoms with van der Waals surface area (Å²) in [5.74, 6) is -0.748. The highest BCUT2D eigenvalue weighted by atomic mass is 35.5. The van der Waals surface area contributed by atoms with E-state index < -0.39 is 5.82 Å². The summed E-state index contributed by atoms with van der Waals surface area (Å²) in [5, 5.41) is 3.42. The van der Waals surface area contributed by atoms with Gasteiger partial charge in [0, 0.05) is 5.02 Å². The van der Waals surface area contributed by atoms with E-state index in [-0.39, 0.29) is 17.3 Å². The van der Waals surface area contributed by atoms with Crippen molar-refractivity contribution in [1.82, 2.24) is 4.98 Å². The van der Waals surface area contributed by atoms with Gasteiger partial charge in [0.15, 0.2) is 5.58 Å². The molecule has 0 fully saturated rings. The van der Waals surface area contributed by atoms with Gasteiger partial charge in [-0.05, 0) is 30.3 Å². The van der Waals surface area contributed by atoms with Crippen molar-refractivity contribution in [2.24, 2.45) is 0 Å². The molecule has 22 heavy (non-hydrogen) atoms. The molecule has 1 amide bonds. The Bertz CT molecular complexity index is 837. The molecular weight excluding hydrogens is 327 g/mol. The highest BCUT2D eigenvalue weighted by Gasteiger charge is 2.11. The summed E-state index contributed by atoms with van der Waals surface area (Å²) in [7, 11) is 0. The van der Waals surface area contributed by atoms with Gasteiger partial charge in [-0.15, -0.1) is 0 Å². The fraction of sp³-hybridized carbons (Fsp3) is 0.0667. The van der Waals surface area contributed by atoms with Crippen LogP contribution in [0, 0.1) is 5.82 Å². The minimum absolute atomic E-state index is 0.0644. The van der Waals surface area contributed by atoms with Crippen molar-refractivity contribution in [2.75, 3.05) is 11.1 Å². The molecule has 0 bridgehead atoms. The van der Waals surface area contributed by atoms with Crippen molar-refractivity contribution in [3.05, 3.63) is 53.3 Å². The van der Waals surface area contributed by atoms with Crippen LogP contribution >= 0.6 is 23.4 Å². The molecule has 0 radical (unpaired) electrons. The number of hydrogen-bond donors (Lipinski definition) is 1. The molecule has 0 aliphatic rings. The SMILES string of the molecule is O=C(CSc1nc2cc(Cl)ccc2o1)Nc1ccccc1F. The number of rotatable bonds is 4. The van der Waals surface area contributed by atoms with E-state index in [0.29, 0.717) is 21.3 Å². The Morgan fingerprint density at radius 3 is 2.95 bits per heavy atom. The number of carbonyl (C=O) groups is 1. The maximum absolute atomic E-state index is 13.4. The number of para-hydroxylation sites is 1. The van der Waals surface area contributed by atoms with E-state index in [1.54, 1.807) is 30.3 Å². The molecule has 3 aromatic rings. The smallest absolute Gasteiger partial charge is 0.257 e. The summed E-state index contributed by atoms with van der Waals surface area (Å²) >= 11 is 7.00. The fourth-order valence-corrected chi connectivity index (χ4v) is 2.62. The van der Waals surface area contributed by atoms with Crippen LogP contribution in [-0.4, -0.2) is 16.6 Å². The average molecular weight is 337 g/mol. The minimum Gasteiger partial charge on any atom is -0.431 e. The Morgan fingerprint density at radius 2 is 2.14 bits per heavy atom. The van der Waals surface area contributed by atoms with E-state index in [0.717, 1.165) is 11.8 Å². The highest BCUT2D eigenvalue weighted by molar-refractivity contribution is 7.99. The van der Waals surface area contributed by atoms with Gasteiger partial charge in [0.2, 0.25) is 5.91 Å². The number of nitrogens with zero attached hydrogens (tertiary/aromatic N) is 1. The first-order chi connectivity index (χ1) is 10.6. The van der Waals surface area contributed by atoms with Gasteiger partial charge < -0.3 is 9.73 Å². The standard InChI is InChI=1S/C15H10ClFN2O2S/c16-9-5-6-13-12(7-9)19-15(21-13)22-8-14(20)18-11-4-2-1-3-10(11)17/h1-7H,8H2,(H,18,20). The number of benzene rings is 2. The lowest BCUT2D eigenvalue weighted by atomic mass is 10.3. The van der Waals surface area contributed by atoms with Crippen molar-refractivity contribution < 1.29 is 13.6 Å². The highest BCUT2D eigenvalue weighted by Crippen LogP contribution is 2.25. The maximum Gasteiger partial charge on any atom is 0.257 e. The molecular formula is C15H10ClFN2O2S. The molecule has 1 heterocycles. The summed E-state index contributed by atoms with van der Waals surface area (Å²) in [6.45, 7) is 0. The maximum atomic E-state index is 13.4. The number of halogens is 2. The quantitative estimate of drug-likeness (QED) is 0.720. The number of aromatic nitrogens is 1. The molecule has 4 nitrogen and oxygen atoms in total. The molecule has 0 aliphatic carbocycles. The average Bonchev–Trinajstić information content (AvgIpc) is 2.89. The summed E-state index contributed by atoms with van der Waals surface area (Å²) in [6, 6.07) is 11.1. The van der Waals surface area contributed by atoms with Crippen LogP contribution in [0.15, 0.2) is 52.1 Å². The van der Waals surface area contributed by atoms with Crippen molar-refractivity contribution in [2.45, 2.75) is 5.22 Å². The predicted octanol–water partition coefficient (Wildman–Crippen LogP) is 4.35. The Hall–Kier alpha value is -2.05. The Labute approximate surface area is 134 Å². The minimum atomic E-state index is -0.475. The summed E-state index contributed by atoms with van der Waals surface area (Å²) in [5.41, 5.74) is 1.38. The molecule has 0 unspecified atom stereocenters. The van der Waals surface area contributed by atoms with Crippen LogP contribution in [0.25, 0.3) is 11.1 Å². The molecule has 1 N–H and O–H groups in total. The molecule has 3 rings (SSSR count). The normalized spacial score (nSPS) is 10.8. The topological polar surface area (TPSA) is 55.1 Å². The Morgan fingerprint density at radius 1 is 1.32 bits per heavy atom. The molecule has 0 saturated heterocycles. The van der Waals surface area contributed by atoms with E-state index in [4.69, 9.17) is 16.0 Å². The summed E-state index contributed by atoms with van der Waals surface area (Å²) < 4.78 is 18.9. The number of anilines is 1. The number of thioether (sulfide) groups is 1. The zero-order chi connectivity index (χ0) is 15.5. The first-order valence-corrected chi connectivity index (χ1v) is 7.71. The van der Waals surface area contributed by atoms with E-state index >= 15 is 0 Å². The van der Waals surface area contributed by atoms with Crippen LogP contribution in [0.1, 0.15) is 0 Å². The van der Waals surface area contributed by atoms with Crippen molar-refractivity contribution >= 4 is 46.1 Å². The van der Waals surface area contributed by atoms with Crippen LogP contribution in [-0.2, 0) is 4.79 Å². The monoisotopic (exact) mass is 336 g/mol. The first kappa shape index (κ1) is 14.9. The third-order valence-electron chi connectivity index (χ3n) is 2.80. The molecule has 0 aliphatic heterocycles. The van der Waals surface area contributed by atoms with Crippen LogP contribution < -0.4 is 5.32 Å². The second-order valence-electron chi connectivity index (χ2n) is 4.41. The molecule has 7 heteroatoms. The number of fused-ring (bicyclic) bond motifs is 1. The second kappa shape index (κ2) is 6.37. The molecule has 1 aromatic heterocycles. The van der Waals surface area contributed by atoms with Gasteiger partial charge in [-0.1, -0.05) is 35.5 Å². The van der Waals surface area contributed by atoms with E-state index in [9.17, 15) is 9.18 Å². The fourth-order valence-electron chi connectivity index (χ4n) is 1.82. The van der Waals surface area contributed by atoms with Gasteiger partial charge >= 0.3 is 0 Å². The zero-order valence-corrected chi connectivity index (χ0v) is 12.7. The van der Waals surface area contributed by atoms with E-state index in [2.05, 4.69) is 10.3 Å².